The van der Waals surface area contributed by atoms with Gasteiger partial charge in [0, 0.05) is 25.4 Å². The van der Waals surface area contributed by atoms with E-state index in [1.54, 1.807) is 12.4 Å². The molecular formula is C16H24N2O3. The van der Waals surface area contributed by atoms with Gasteiger partial charge in [-0.3, -0.25) is 14.6 Å². The quantitative estimate of drug-likeness (QED) is 0.694. The first-order valence-electron chi connectivity index (χ1n) is 7.49. The number of nitrogens with one attached hydrogen (secondary N) is 1. The van der Waals surface area contributed by atoms with E-state index in [2.05, 4.69) is 17.2 Å². The average Bonchev–Trinajstić information content (AvgIpc) is 2.45. The number of pyridine rings is 1. The molecule has 21 heavy (non-hydrogen) atoms. The van der Waals surface area contributed by atoms with Gasteiger partial charge in [0.15, 0.2) is 0 Å². The highest BCUT2D eigenvalue weighted by atomic mass is 16.4. The van der Waals surface area contributed by atoms with Crippen LogP contribution in [0.3, 0.4) is 0 Å². The SMILES string of the molecule is CCCC(CCNC(=O)Cc1ccncc1)CCC(=O)O. The van der Waals surface area contributed by atoms with Crippen molar-refractivity contribution in [3.05, 3.63) is 30.1 Å². The molecule has 5 nitrogen and oxygen atoms in total. The summed E-state index contributed by atoms with van der Waals surface area (Å²) >= 11 is 0. The van der Waals surface area contributed by atoms with E-state index in [0.29, 0.717) is 25.3 Å². The highest BCUT2D eigenvalue weighted by molar-refractivity contribution is 5.78. The number of aliphatic carboxylic acids is 1. The Bertz CT molecular complexity index is 434. The third kappa shape index (κ3) is 8.07. The molecule has 0 spiro atoms. The number of hydrogen-bond acceptors (Lipinski definition) is 3. The molecule has 0 bridgehead atoms. The number of aromatic nitrogens is 1. The van der Waals surface area contributed by atoms with Crippen molar-refractivity contribution in [2.24, 2.45) is 5.92 Å². The molecule has 0 radical (unpaired) electrons. The summed E-state index contributed by atoms with van der Waals surface area (Å²) in [6.45, 7) is 2.70. The molecule has 1 heterocycles. The molecule has 0 aliphatic rings. The van der Waals surface area contributed by atoms with Crippen LogP contribution in [0.15, 0.2) is 24.5 Å². The van der Waals surface area contributed by atoms with Gasteiger partial charge in [0.2, 0.25) is 5.91 Å². The van der Waals surface area contributed by atoms with Crippen molar-refractivity contribution in [3.8, 4) is 0 Å². The van der Waals surface area contributed by atoms with E-state index in [-0.39, 0.29) is 12.3 Å². The zero-order valence-electron chi connectivity index (χ0n) is 12.5. The maximum Gasteiger partial charge on any atom is 0.303 e. The molecule has 2 N–H and O–H groups in total. The summed E-state index contributed by atoms with van der Waals surface area (Å²) in [5.41, 5.74) is 0.943. The third-order valence-electron chi connectivity index (χ3n) is 3.45. The van der Waals surface area contributed by atoms with Crippen LogP contribution in [0, 0.1) is 5.92 Å². The number of nitrogens with zero attached hydrogens (tertiary/aromatic N) is 1. The lowest BCUT2D eigenvalue weighted by molar-refractivity contribution is -0.137. The first kappa shape index (κ1) is 17.1. The van der Waals surface area contributed by atoms with Crippen molar-refractivity contribution in [1.29, 1.82) is 0 Å². The molecule has 0 saturated heterocycles. The van der Waals surface area contributed by atoms with Crippen LogP contribution in [0.1, 0.15) is 44.6 Å². The summed E-state index contributed by atoms with van der Waals surface area (Å²) in [7, 11) is 0. The van der Waals surface area contributed by atoms with Gasteiger partial charge in [-0.1, -0.05) is 19.8 Å². The summed E-state index contributed by atoms with van der Waals surface area (Å²) in [6.07, 6.45) is 7.47. The van der Waals surface area contributed by atoms with Crippen LogP contribution in [0.4, 0.5) is 0 Å². The maximum atomic E-state index is 11.8. The van der Waals surface area contributed by atoms with Crippen molar-refractivity contribution < 1.29 is 14.7 Å². The highest BCUT2D eigenvalue weighted by Gasteiger charge is 2.11. The summed E-state index contributed by atoms with van der Waals surface area (Å²) < 4.78 is 0. The fraction of sp³-hybridized carbons (Fsp3) is 0.562. The smallest absolute Gasteiger partial charge is 0.303 e. The van der Waals surface area contributed by atoms with Crippen molar-refractivity contribution in [2.75, 3.05) is 6.54 Å². The zero-order chi connectivity index (χ0) is 15.5. The van der Waals surface area contributed by atoms with E-state index >= 15 is 0 Å². The Morgan fingerprint density at radius 2 is 1.95 bits per heavy atom. The average molecular weight is 292 g/mol. The Labute approximate surface area is 125 Å². The van der Waals surface area contributed by atoms with Gasteiger partial charge in [0.1, 0.15) is 0 Å². The number of carboxylic acids is 1. The summed E-state index contributed by atoms with van der Waals surface area (Å²) in [6, 6.07) is 3.65. The molecule has 1 rings (SSSR count). The largest absolute Gasteiger partial charge is 0.481 e. The molecule has 1 aromatic heterocycles. The van der Waals surface area contributed by atoms with Crippen molar-refractivity contribution >= 4 is 11.9 Å². The number of carbonyl (C=O) groups is 2. The Hall–Kier alpha value is -1.91. The fourth-order valence-electron chi connectivity index (χ4n) is 2.33. The van der Waals surface area contributed by atoms with Crippen LogP contribution in [-0.2, 0) is 16.0 Å². The molecule has 0 saturated carbocycles. The van der Waals surface area contributed by atoms with Crippen LogP contribution in [0.5, 0.6) is 0 Å². The van der Waals surface area contributed by atoms with Crippen LogP contribution < -0.4 is 5.32 Å². The lowest BCUT2D eigenvalue weighted by Gasteiger charge is -2.15. The summed E-state index contributed by atoms with van der Waals surface area (Å²) in [5, 5.41) is 11.6. The normalized spacial score (nSPS) is 11.9. The molecular weight excluding hydrogens is 268 g/mol. The molecule has 0 fully saturated rings. The minimum absolute atomic E-state index is 0.00492. The van der Waals surface area contributed by atoms with Gasteiger partial charge in [-0.25, -0.2) is 0 Å². The fourth-order valence-corrected chi connectivity index (χ4v) is 2.33. The molecule has 0 aromatic carbocycles. The Morgan fingerprint density at radius 1 is 1.24 bits per heavy atom. The number of amides is 1. The van der Waals surface area contributed by atoms with E-state index in [1.165, 1.54) is 0 Å². The number of carboxylic acid groups (broad SMARTS) is 1. The van der Waals surface area contributed by atoms with Gasteiger partial charge in [-0.15, -0.1) is 0 Å². The molecule has 1 aromatic rings. The predicted molar refractivity (Wildman–Crippen MR) is 80.8 cm³/mol. The molecule has 1 amide bonds. The monoisotopic (exact) mass is 292 g/mol. The molecule has 1 atom stereocenters. The van der Waals surface area contributed by atoms with E-state index in [1.807, 2.05) is 12.1 Å². The zero-order valence-corrected chi connectivity index (χ0v) is 12.5. The lowest BCUT2D eigenvalue weighted by atomic mass is 9.94. The van der Waals surface area contributed by atoms with Crippen LogP contribution in [0.25, 0.3) is 0 Å². The number of hydrogen-bond donors (Lipinski definition) is 2. The second kappa shape index (κ2) is 9.91. The summed E-state index contributed by atoms with van der Waals surface area (Å²) in [5.74, 6) is -0.389. The molecule has 116 valence electrons. The van der Waals surface area contributed by atoms with E-state index in [9.17, 15) is 9.59 Å². The van der Waals surface area contributed by atoms with Crippen molar-refractivity contribution in [1.82, 2.24) is 10.3 Å². The maximum absolute atomic E-state index is 11.8. The standard InChI is InChI=1S/C16H24N2O3/c1-2-3-13(4-5-16(20)21)8-11-18-15(19)12-14-6-9-17-10-7-14/h6-7,9-10,13H,2-5,8,11-12H2,1H3,(H,18,19)(H,20,21). The molecule has 0 aliphatic carbocycles. The Kier molecular flexibility index (Phi) is 8.09. The molecule has 1 unspecified atom stereocenters. The van der Waals surface area contributed by atoms with Gasteiger partial charge < -0.3 is 10.4 Å². The van der Waals surface area contributed by atoms with Gasteiger partial charge in [0.25, 0.3) is 0 Å². The first-order valence-corrected chi connectivity index (χ1v) is 7.49. The minimum Gasteiger partial charge on any atom is -0.481 e. The van der Waals surface area contributed by atoms with E-state index in [0.717, 1.165) is 24.8 Å². The summed E-state index contributed by atoms with van der Waals surface area (Å²) in [4.78, 5) is 26.3. The third-order valence-corrected chi connectivity index (χ3v) is 3.45. The van der Waals surface area contributed by atoms with Crippen LogP contribution >= 0.6 is 0 Å². The van der Waals surface area contributed by atoms with Gasteiger partial charge in [-0.2, -0.15) is 0 Å². The van der Waals surface area contributed by atoms with Crippen LogP contribution in [-0.4, -0.2) is 28.5 Å². The van der Waals surface area contributed by atoms with Crippen molar-refractivity contribution in [3.63, 3.8) is 0 Å². The molecule has 5 heteroatoms. The second-order valence-electron chi connectivity index (χ2n) is 5.26. The second-order valence-corrected chi connectivity index (χ2v) is 5.26. The predicted octanol–water partition coefficient (Wildman–Crippen LogP) is 2.41. The first-order chi connectivity index (χ1) is 10.1. The van der Waals surface area contributed by atoms with E-state index in [4.69, 9.17) is 5.11 Å². The van der Waals surface area contributed by atoms with Crippen LogP contribution in [0.2, 0.25) is 0 Å². The Morgan fingerprint density at radius 3 is 2.57 bits per heavy atom. The van der Waals surface area contributed by atoms with Gasteiger partial charge >= 0.3 is 5.97 Å². The Balaban J connectivity index is 2.26. The topological polar surface area (TPSA) is 79.3 Å². The van der Waals surface area contributed by atoms with E-state index < -0.39 is 5.97 Å². The van der Waals surface area contributed by atoms with Gasteiger partial charge in [-0.05, 0) is 36.5 Å². The van der Waals surface area contributed by atoms with Gasteiger partial charge in [0.05, 0.1) is 6.42 Å². The van der Waals surface area contributed by atoms with Crippen molar-refractivity contribution in [2.45, 2.75) is 45.4 Å². The molecule has 0 aliphatic heterocycles. The number of carbonyl (C=O) groups excluding carboxylic acids is 1. The highest BCUT2D eigenvalue weighted by Crippen LogP contribution is 2.17. The minimum atomic E-state index is -0.752. The number of rotatable bonds is 10. The lowest BCUT2D eigenvalue weighted by Crippen LogP contribution is -2.27.